The van der Waals surface area contributed by atoms with Crippen molar-refractivity contribution < 1.29 is 9.84 Å². The largest absolute Gasteiger partial charge is 0.491 e. The number of hydrogen-bond donors (Lipinski definition) is 2. The van der Waals surface area contributed by atoms with Crippen molar-refractivity contribution in [2.75, 3.05) is 6.54 Å². The molecule has 0 saturated carbocycles. The summed E-state index contributed by atoms with van der Waals surface area (Å²) in [4.78, 5) is 4.25. The van der Waals surface area contributed by atoms with Gasteiger partial charge in [-0.05, 0) is 56.6 Å². The summed E-state index contributed by atoms with van der Waals surface area (Å²) in [5, 5.41) is 13.5. The SMILES string of the molecule is CC(C)Oc1ccc(C(O)CCNCc2ccccn2)cc1. The van der Waals surface area contributed by atoms with Crippen LogP contribution in [0.5, 0.6) is 5.75 Å². The van der Waals surface area contributed by atoms with Gasteiger partial charge in [0, 0.05) is 12.7 Å². The lowest BCUT2D eigenvalue weighted by atomic mass is 10.1. The van der Waals surface area contributed by atoms with Crippen LogP contribution in [0.15, 0.2) is 48.7 Å². The summed E-state index contributed by atoms with van der Waals surface area (Å²) in [5.74, 6) is 0.833. The monoisotopic (exact) mass is 300 g/mol. The fourth-order valence-electron chi connectivity index (χ4n) is 2.17. The summed E-state index contributed by atoms with van der Waals surface area (Å²) in [6.45, 7) is 5.45. The minimum Gasteiger partial charge on any atom is -0.491 e. The van der Waals surface area contributed by atoms with Crippen molar-refractivity contribution in [1.82, 2.24) is 10.3 Å². The van der Waals surface area contributed by atoms with Crippen LogP contribution in [-0.2, 0) is 6.54 Å². The molecule has 0 amide bonds. The normalized spacial score (nSPS) is 12.4. The minimum absolute atomic E-state index is 0.159. The predicted molar refractivity (Wildman–Crippen MR) is 87.7 cm³/mol. The first kappa shape index (κ1) is 16.5. The zero-order chi connectivity index (χ0) is 15.8. The van der Waals surface area contributed by atoms with Crippen LogP contribution in [0, 0.1) is 0 Å². The van der Waals surface area contributed by atoms with Gasteiger partial charge in [0.25, 0.3) is 0 Å². The molecule has 118 valence electrons. The molecule has 0 saturated heterocycles. The second kappa shape index (κ2) is 8.51. The van der Waals surface area contributed by atoms with Gasteiger partial charge in [-0.15, -0.1) is 0 Å². The molecule has 1 heterocycles. The van der Waals surface area contributed by atoms with E-state index in [9.17, 15) is 5.11 Å². The molecule has 1 aromatic carbocycles. The van der Waals surface area contributed by atoms with Crippen LogP contribution in [0.4, 0.5) is 0 Å². The molecule has 0 radical (unpaired) electrons. The number of ether oxygens (including phenoxy) is 1. The standard InChI is InChI=1S/C18H24N2O2/c1-14(2)22-17-8-6-15(7-9-17)18(21)10-12-19-13-16-5-3-4-11-20-16/h3-9,11,14,18-19,21H,10,12-13H2,1-2H3. The maximum absolute atomic E-state index is 10.2. The third kappa shape index (κ3) is 5.47. The summed E-state index contributed by atoms with van der Waals surface area (Å²) >= 11 is 0. The maximum Gasteiger partial charge on any atom is 0.119 e. The Hall–Kier alpha value is -1.91. The Morgan fingerprint density at radius 1 is 1.14 bits per heavy atom. The summed E-state index contributed by atoms with van der Waals surface area (Å²) < 4.78 is 5.60. The van der Waals surface area contributed by atoms with E-state index in [1.807, 2.05) is 56.3 Å². The van der Waals surface area contributed by atoms with Crippen LogP contribution in [0.25, 0.3) is 0 Å². The van der Waals surface area contributed by atoms with Crippen molar-refractivity contribution in [2.45, 2.75) is 39.0 Å². The van der Waals surface area contributed by atoms with Gasteiger partial charge >= 0.3 is 0 Å². The number of hydrogen-bond acceptors (Lipinski definition) is 4. The third-order valence-electron chi connectivity index (χ3n) is 3.26. The molecule has 1 atom stereocenters. The highest BCUT2D eigenvalue weighted by Gasteiger charge is 2.07. The highest BCUT2D eigenvalue weighted by Crippen LogP contribution is 2.20. The van der Waals surface area contributed by atoms with Gasteiger partial charge in [-0.2, -0.15) is 0 Å². The van der Waals surface area contributed by atoms with Gasteiger partial charge < -0.3 is 15.2 Å². The molecule has 0 bridgehead atoms. The van der Waals surface area contributed by atoms with E-state index in [0.29, 0.717) is 13.0 Å². The molecule has 0 aliphatic carbocycles. The Bertz CT molecular complexity index is 541. The van der Waals surface area contributed by atoms with E-state index in [-0.39, 0.29) is 6.10 Å². The van der Waals surface area contributed by atoms with E-state index in [4.69, 9.17) is 4.74 Å². The average Bonchev–Trinajstić information content (AvgIpc) is 2.52. The van der Waals surface area contributed by atoms with Gasteiger partial charge in [-0.25, -0.2) is 0 Å². The molecular formula is C18H24N2O2. The van der Waals surface area contributed by atoms with Gasteiger partial charge in [-0.3, -0.25) is 4.98 Å². The van der Waals surface area contributed by atoms with Crippen LogP contribution in [0.1, 0.15) is 37.6 Å². The van der Waals surface area contributed by atoms with Crippen LogP contribution >= 0.6 is 0 Å². The van der Waals surface area contributed by atoms with Crippen LogP contribution in [0.2, 0.25) is 0 Å². The van der Waals surface area contributed by atoms with E-state index in [0.717, 1.165) is 23.6 Å². The van der Waals surface area contributed by atoms with Crippen molar-refractivity contribution in [3.05, 3.63) is 59.9 Å². The number of nitrogens with zero attached hydrogens (tertiary/aromatic N) is 1. The number of nitrogens with one attached hydrogen (secondary N) is 1. The molecule has 4 nitrogen and oxygen atoms in total. The number of pyridine rings is 1. The molecule has 1 aromatic heterocycles. The van der Waals surface area contributed by atoms with E-state index in [1.165, 1.54) is 0 Å². The first-order chi connectivity index (χ1) is 10.6. The van der Waals surface area contributed by atoms with Gasteiger partial charge in [-0.1, -0.05) is 18.2 Å². The highest BCUT2D eigenvalue weighted by molar-refractivity contribution is 5.28. The summed E-state index contributed by atoms with van der Waals surface area (Å²) in [6, 6.07) is 13.5. The molecule has 0 spiro atoms. The molecular weight excluding hydrogens is 276 g/mol. The molecule has 0 aliphatic heterocycles. The molecule has 2 rings (SSSR count). The maximum atomic E-state index is 10.2. The Morgan fingerprint density at radius 2 is 1.91 bits per heavy atom. The van der Waals surface area contributed by atoms with Crippen molar-refractivity contribution >= 4 is 0 Å². The second-order valence-electron chi connectivity index (χ2n) is 5.54. The molecule has 0 fully saturated rings. The molecule has 0 aliphatic rings. The van der Waals surface area contributed by atoms with Gasteiger partial charge in [0.05, 0.1) is 17.9 Å². The van der Waals surface area contributed by atoms with Crippen molar-refractivity contribution in [3.8, 4) is 5.75 Å². The van der Waals surface area contributed by atoms with Gasteiger partial charge in [0.15, 0.2) is 0 Å². The van der Waals surface area contributed by atoms with Crippen molar-refractivity contribution in [2.24, 2.45) is 0 Å². The van der Waals surface area contributed by atoms with Crippen molar-refractivity contribution in [1.29, 1.82) is 0 Å². The fourth-order valence-corrected chi connectivity index (χ4v) is 2.17. The lowest BCUT2D eigenvalue weighted by molar-refractivity contribution is 0.166. The van der Waals surface area contributed by atoms with Gasteiger partial charge in [0.1, 0.15) is 5.75 Å². The number of aliphatic hydroxyl groups is 1. The summed E-state index contributed by atoms with van der Waals surface area (Å²) in [6.07, 6.45) is 2.14. The number of benzene rings is 1. The molecule has 2 N–H and O–H groups in total. The lowest BCUT2D eigenvalue weighted by Gasteiger charge is -2.14. The zero-order valence-corrected chi connectivity index (χ0v) is 13.2. The number of aromatic nitrogens is 1. The lowest BCUT2D eigenvalue weighted by Crippen LogP contribution is -2.17. The predicted octanol–water partition coefficient (Wildman–Crippen LogP) is 3.08. The first-order valence-corrected chi connectivity index (χ1v) is 7.70. The number of aliphatic hydroxyl groups excluding tert-OH is 1. The quantitative estimate of drug-likeness (QED) is 0.736. The summed E-state index contributed by atoms with van der Waals surface area (Å²) in [7, 11) is 0. The van der Waals surface area contributed by atoms with E-state index >= 15 is 0 Å². The van der Waals surface area contributed by atoms with Gasteiger partial charge in [0.2, 0.25) is 0 Å². The second-order valence-corrected chi connectivity index (χ2v) is 5.54. The highest BCUT2D eigenvalue weighted by atomic mass is 16.5. The number of rotatable bonds is 8. The Kier molecular flexibility index (Phi) is 6.37. The van der Waals surface area contributed by atoms with E-state index < -0.39 is 6.10 Å². The van der Waals surface area contributed by atoms with Crippen LogP contribution in [-0.4, -0.2) is 22.7 Å². The van der Waals surface area contributed by atoms with Crippen LogP contribution in [0.3, 0.4) is 0 Å². The average molecular weight is 300 g/mol. The molecule has 4 heteroatoms. The smallest absolute Gasteiger partial charge is 0.119 e. The topological polar surface area (TPSA) is 54.4 Å². The van der Waals surface area contributed by atoms with Crippen molar-refractivity contribution in [3.63, 3.8) is 0 Å². The van der Waals surface area contributed by atoms with E-state index in [2.05, 4.69) is 10.3 Å². The minimum atomic E-state index is -0.468. The fraction of sp³-hybridized carbons (Fsp3) is 0.389. The zero-order valence-electron chi connectivity index (χ0n) is 13.2. The Labute approximate surface area is 132 Å². The molecule has 1 unspecified atom stereocenters. The third-order valence-corrected chi connectivity index (χ3v) is 3.26. The van der Waals surface area contributed by atoms with Crippen LogP contribution < -0.4 is 10.1 Å². The Balaban J connectivity index is 1.73. The Morgan fingerprint density at radius 3 is 2.55 bits per heavy atom. The molecule has 2 aromatic rings. The molecule has 22 heavy (non-hydrogen) atoms. The first-order valence-electron chi connectivity index (χ1n) is 7.70. The summed E-state index contributed by atoms with van der Waals surface area (Å²) in [5.41, 5.74) is 1.92. The van der Waals surface area contributed by atoms with E-state index in [1.54, 1.807) is 6.20 Å².